The zero-order valence-electron chi connectivity index (χ0n) is 10.3. The highest BCUT2D eigenvalue weighted by molar-refractivity contribution is 5.05. The number of nitrogens with zero attached hydrogens (tertiary/aromatic N) is 1. The summed E-state index contributed by atoms with van der Waals surface area (Å²) in [5.41, 5.74) is -0.782. The molecule has 4 heteroatoms. The van der Waals surface area contributed by atoms with E-state index in [1.54, 1.807) is 13.8 Å². The summed E-state index contributed by atoms with van der Waals surface area (Å²) in [7, 11) is 0. The van der Waals surface area contributed by atoms with Crippen LogP contribution in [0.25, 0.3) is 0 Å². The van der Waals surface area contributed by atoms with Crippen molar-refractivity contribution in [2.24, 2.45) is 0 Å². The molecular formula is C12H21NO3. The van der Waals surface area contributed by atoms with Crippen LogP contribution in [0.4, 0.5) is 0 Å². The second-order valence-electron chi connectivity index (χ2n) is 4.52. The van der Waals surface area contributed by atoms with E-state index >= 15 is 0 Å². The zero-order chi connectivity index (χ0) is 12.2. The molecule has 1 aliphatic heterocycles. The first-order chi connectivity index (χ1) is 7.53. The van der Waals surface area contributed by atoms with Gasteiger partial charge in [-0.15, -0.1) is 0 Å². The van der Waals surface area contributed by atoms with E-state index in [4.69, 9.17) is 9.47 Å². The van der Waals surface area contributed by atoms with Gasteiger partial charge in [0.15, 0.2) is 5.60 Å². The quantitative estimate of drug-likeness (QED) is 0.792. The lowest BCUT2D eigenvalue weighted by molar-refractivity contribution is -0.152. The molecule has 4 nitrogen and oxygen atoms in total. The molecule has 1 rings (SSSR count). The Bertz CT molecular complexity index is 261. The number of nitriles is 1. The maximum Gasteiger partial charge on any atom is 0.159 e. The minimum atomic E-state index is -0.782. The van der Waals surface area contributed by atoms with Gasteiger partial charge in [0, 0.05) is 12.8 Å². The van der Waals surface area contributed by atoms with Crippen molar-refractivity contribution in [1.82, 2.24) is 0 Å². The largest absolute Gasteiger partial charge is 0.391 e. The normalized spacial score (nSPS) is 34.1. The molecule has 0 aliphatic carbocycles. The van der Waals surface area contributed by atoms with E-state index in [1.807, 2.05) is 6.92 Å². The van der Waals surface area contributed by atoms with Gasteiger partial charge in [-0.2, -0.15) is 5.26 Å². The lowest BCUT2D eigenvalue weighted by Gasteiger charge is -2.37. The maximum atomic E-state index is 9.42. The molecule has 0 bridgehead atoms. The van der Waals surface area contributed by atoms with Gasteiger partial charge in [0.25, 0.3) is 0 Å². The fraction of sp³-hybridized carbons (Fsp3) is 0.917. The SMILES string of the molecule is CCC1CC(C#N)(OC(C)C(C)O)CCO1. The van der Waals surface area contributed by atoms with Crippen LogP contribution in [-0.4, -0.2) is 35.6 Å². The van der Waals surface area contributed by atoms with Gasteiger partial charge in [-0.05, 0) is 20.3 Å². The Labute approximate surface area is 97.2 Å². The second-order valence-corrected chi connectivity index (χ2v) is 4.52. The highest BCUT2D eigenvalue weighted by atomic mass is 16.5. The Hall–Kier alpha value is -0.630. The standard InChI is InChI=1S/C12H21NO3/c1-4-11-7-12(8-13,5-6-15-11)16-10(3)9(2)14/h9-11,14H,4-7H2,1-3H3. The van der Waals surface area contributed by atoms with Crippen molar-refractivity contribution >= 4 is 0 Å². The maximum absolute atomic E-state index is 9.42. The predicted octanol–water partition coefficient (Wildman–Crippen LogP) is 1.62. The van der Waals surface area contributed by atoms with Gasteiger partial charge >= 0.3 is 0 Å². The molecule has 4 atom stereocenters. The van der Waals surface area contributed by atoms with Crippen LogP contribution < -0.4 is 0 Å². The first-order valence-electron chi connectivity index (χ1n) is 5.91. The van der Waals surface area contributed by atoms with Crippen molar-refractivity contribution in [2.75, 3.05) is 6.61 Å². The van der Waals surface area contributed by atoms with Crippen molar-refractivity contribution < 1.29 is 14.6 Å². The van der Waals surface area contributed by atoms with Crippen molar-refractivity contribution in [3.63, 3.8) is 0 Å². The van der Waals surface area contributed by atoms with Crippen LogP contribution in [0.1, 0.15) is 40.0 Å². The number of ether oxygens (including phenoxy) is 2. The van der Waals surface area contributed by atoms with E-state index in [9.17, 15) is 10.4 Å². The Morgan fingerprint density at radius 1 is 1.62 bits per heavy atom. The van der Waals surface area contributed by atoms with Crippen LogP contribution in [0.5, 0.6) is 0 Å². The molecular weight excluding hydrogens is 206 g/mol. The van der Waals surface area contributed by atoms with Gasteiger partial charge in [-0.25, -0.2) is 0 Å². The van der Waals surface area contributed by atoms with Gasteiger partial charge in [-0.1, -0.05) is 6.92 Å². The van der Waals surface area contributed by atoms with Crippen LogP contribution in [0.3, 0.4) is 0 Å². The molecule has 0 aromatic heterocycles. The molecule has 4 unspecified atom stereocenters. The van der Waals surface area contributed by atoms with Gasteiger partial charge < -0.3 is 14.6 Å². The third kappa shape index (κ3) is 3.18. The zero-order valence-corrected chi connectivity index (χ0v) is 10.3. The van der Waals surface area contributed by atoms with Crippen LogP contribution in [0, 0.1) is 11.3 Å². The minimum Gasteiger partial charge on any atom is -0.391 e. The average molecular weight is 227 g/mol. The summed E-state index contributed by atoms with van der Waals surface area (Å²) >= 11 is 0. The summed E-state index contributed by atoms with van der Waals surface area (Å²) in [6.45, 7) is 6.06. The average Bonchev–Trinajstić information content (AvgIpc) is 2.29. The number of aliphatic hydroxyl groups excluding tert-OH is 1. The summed E-state index contributed by atoms with van der Waals surface area (Å²) in [4.78, 5) is 0. The molecule has 1 N–H and O–H groups in total. The van der Waals surface area contributed by atoms with Gasteiger partial charge in [-0.3, -0.25) is 0 Å². The topological polar surface area (TPSA) is 62.5 Å². The fourth-order valence-corrected chi connectivity index (χ4v) is 1.87. The first-order valence-corrected chi connectivity index (χ1v) is 5.91. The van der Waals surface area contributed by atoms with E-state index in [1.165, 1.54) is 0 Å². The molecule has 0 saturated carbocycles. The van der Waals surface area contributed by atoms with Crippen molar-refractivity contribution in [3.8, 4) is 6.07 Å². The molecule has 1 saturated heterocycles. The monoisotopic (exact) mass is 227 g/mol. The Morgan fingerprint density at radius 2 is 2.31 bits per heavy atom. The highest BCUT2D eigenvalue weighted by Gasteiger charge is 2.39. The summed E-state index contributed by atoms with van der Waals surface area (Å²) in [5, 5.41) is 18.7. The number of aliphatic hydroxyl groups is 1. The molecule has 0 aromatic rings. The second kappa shape index (κ2) is 5.62. The van der Waals surface area contributed by atoms with Crippen LogP contribution in [0.15, 0.2) is 0 Å². The molecule has 16 heavy (non-hydrogen) atoms. The molecule has 1 heterocycles. The summed E-state index contributed by atoms with van der Waals surface area (Å²) < 4.78 is 11.3. The van der Waals surface area contributed by atoms with E-state index in [-0.39, 0.29) is 12.2 Å². The van der Waals surface area contributed by atoms with E-state index < -0.39 is 11.7 Å². The van der Waals surface area contributed by atoms with Crippen molar-refractivity contribution in [1.29, 1.82) is 5.26 Å². The lowest BCUT2D eigenvalue weighted by Crippen LogP contribution is -2.45. The fourth-order valence-electron chi connectivity index (χ4n) is 1.87. The predicted molar refractivity (Wildman–Crippen MR) is 59.8 cm³/mol. The Kier molecular flexibility index (Phi) is 4.72. The lowest BCUT2D eigenvalue weighted by atomic mass is 9.90. The molecule has 0 aromatic carbocycles. The van der Waals surface area contributed by atoms with E-state index in [2.05, 4.69) is 6.07 Å². The Morgan fingerprint density at radius 3 is 2.81 bits per heavy atom. The third-order valence-electron chi connectivity index (χ3n) is 3.17. The number of hydrogen-bond acceptors (Lipinski definition) is 4. The molecule has 1 fully saturated rings. The first kappa shape index (κ1) is 13.4. The summed E-state index contributed by atoms with van der Waals surface area (Å²) in [6, 6.07) is 2.25. The smallest absolute Gasteiger partial charge is 0.159 e. The van der Waals surface area contributed by atoms with Crippen LogP contribution in [0.2, 0.25) is 0 Å². The van der Waals surface area contributed by atoms with Crippen molar-refractivity contribution in [2.45, 2.75) is 63.9 Å². The van der Waals surface area contributed by atoms with E-state index in [0.29, 0.717) is 19.4 Å². The van der Waals surface area contributed by atoms with Crippen LogP contribution >= 0.6 is 0 Å². The van der Waals surface area contributed by atoms with Gasteiger partial charge in [0.1, 0.15) is 0 Å². The van der Waals surface area contributed by atoms with Crippen molar-refractivity contribution in [3.05, 3.63) is 0 Å². The third-order valence-corrected chi connectivity index (χ3v) is 3.17. The highest BCUT2D eigenvalue weighted by Crippen LogP contribution is 2.31. The minimum absolute atomic E-state index is 0.0922. The van der Waals surface area contributed by atoms with Gasteiger partial charge in [0.05, 0.1) is 31.0 Å². The molecule has 92 valence electrons. The summed E-state index contributed by atoms with van der Waals surface area (Å²) in [6.07, 6.45) is 1.27. The number of hydrogen-bond donors (Lipinski definition) is 1. The molecule has 0 radical (unpaired) electrons. The Balaban J connectivity index is 2.66. The summed E-state index contributed by atoms with van der Waals surface area (Å²) in [5.74, 6) is 0. The van der Waals surface area contributed by atoms with E-state index in [0.717, 1.165) is 6.42 Å². The molecule has 0 spiro atoms. The number of rotatable bonds is 4. The molecule has 0 amide bonds. The van der Waals surface area contributed by atoms with Crippen LogP contribution in [-0.2, 0) is 9.47 Å². The molecule has 1 aliphatic rings. The van der Waals surface area contributed by atoms with Gasteiger partial charge in [0.2, 0.25) is 0 Å².